The second-order valence-corrected chi connectivity index (χ2v) is 4.20. The third-order valence-corrected chi connectivity index (χ3v) is 2.98. The number of aliphatic hydroxyl groups excluding tert-OH is 1. The maximum Gasteiger partial charge on any atom is 0.183 e. The van der Waals surface area contributed by atoms with Crippen molar-refractivity contribution in [1.29, 1.82) is 0 Å². The summed E-state index contributed by atoms with van der Waals surface area (Å²) in [5, 5.41) is 9.63. The molecule has 0 bridgehead atoms. The Bertz CT molecular complexity index is 535. The fraction of sp³-hybridized carbons (Fsp3) is 0.250. The van der Waals surface area contributed by atoms with Gasteiger partial charge >= 0.3 is 0 Å². The molecular weight excluding hydrogens is 256 g/mol. The molecule has 2 aromatic rings. The van der Waals surface area contributed by atoms with Gasteiger partial charge in [0.25, 0.3) is 0 Å². The minimum Gasteiger partial charge on any atom is -0.457 e. The van der Waals surface area contributed by atoms with Gasteiger partial charge < -0.3 is 19.3 Å². The molecule has 0 amide bonds. The van der Waals surface area contributed by atoms with Crippen molar-refractivity contribution >= 4 is 0 Å². The summed E-state index contributed by atoms with van der Waals surface area (Å²) < 4.78 is 16.3. The summed E-state index contributed by atoms with van der Waals surface area (Å²) in [7, 11) is 3.11. The van der Waals surface area contributed by atoms with Gasteiger partial charge in [0.05, 0.1) is 6.61 Å². The Kier molecular flexibility index (Phi) is 5.12. The molecule has 106 valence electrons. The number of hydrogen-bond donors (Lipinski definition) is 1. The van der Waals surface area contributed by atoms with Crippen molar-refractivity contribution in [2.24, 2.45) is 0 Å². The van der Waals surface area contributed by atoms with Crippen LogP contribution >= 0.6 is 0 Å². The van der Waals surface area contributed by atoms with Gasteiger partial charge in [0.1, 0.15) is 11.5 Å². The largest absolute Gasteiger partial charge is 0.457 e. The third-order valence-electron chi connectivity index (χ3n) is 2.98. The molecule has 0 spiro atoms. The SMILES string of the molecule is COC(OC)c1cccc(Oc2ccccc2)c1CO. The van der Waals surface area contributed by atoms with Gasteiger partial charge in [-0.3, -0.25) is 0 Å². The highest BCUT2D eigenvalue weighted by Crippen LogP contribution is 2.32. The number of rotatable bonds is 6. The monoisotopic (exact) mass is 274 g/mol. The Morgan fingerprint density at radius 3 is 2.25 bits per heavy atom. The van der Waals surface area contributed by atoms with Crippen LogP contribution in [0.3, 0.4) is 0 Å². The molecule has 0 saturated carbocycles. The lowest BCUT2D eigenvalue weighted by molar-refractivity contribution is -0.106. The summed E-state index contributed by atoms with van der Waals surface area (Å²) in [6.07, 6.45) is -0.531. The van der Waals surface area contributed by atoms with Crippen LogP contribution in [0.15, 0.2) is 48.5 Å². The normalized spacial score (nSPS) is 10.8. The Labute approximate surface area is 118 Å². The molecule has 1 N–H and O–H groups in total. The van der Waals surface area contributed by atoms with Gasteiger partial charge in [0.2, 0.25) is 0 Å². The van der Waals surface area contributed by atoms with Crippen LogP contribution < -0.4 is 4.74 Å². The number of aliphatic hydroxyl groups is 1. The summed E-state index contributed by atoms with van der Waals surface area (Å²) in [5.41, 5.74) is 1.41. The molecule has 0 saturated heterocycles. The van der Waals surface area contributed by atoms with Crippen molar-refractivity contribution in [3.05, 3.63) is 59.7 Å². The highest BCUT2D eigenvalue weighted by Gasteiger charge is 2.17. The molecule has 0 atom stereocenters. The second-order valence-electron chi connectivity index (χ2n) is 4.20. The van der Waals surface area contributed by atoms with Gasteiger partial charge in [-0.15, -0.1) is 0 Å². The molecule has 4 nitrogen and oxygen atoms in total. The van der Waals surface area contributed by atoms with Gasteiger partial charge in [0.15, 0.2) is 6.29 Å². The molecule has 4 heteroatoms. The van der Waals surface area contributed by atoms with Crippen LogP contribution in [0.4, 0.5) is 0 Å². The average molecular weight is 274 g/mol. The van der Waals surface area contributed by atoms with Gasteiger partial charge in [-0.05, 0) is 18.2 Å². The smallest absolute Gasteiger partial charge is 0.183 e. The van der Waals surface area contributed by atoms with Crippen molar-refractivity contribution in [2.45, 2.75) is 12.9 Å². The molecular formula is C16H18O4. The molecule has 0 aliphatic rings. The minimum atomic E-state index is -0.531. The summed E-state index contributed by atoms with van der Waals surface area (Å²) in [4.78, 5) is 0. The molecule has 0 aromatic heterocycles. The van der Waals surface area contributed by atoms with Crippen molar-refractivity contribution in [2.75, 3.05) is 14.2 Å². The fourth-order valence-corrected chi connectivity index (χ4v) is 2.03. The zero-order valence-corrected chi connectivity index (χ0v) is 11.6. The summed E-state index contributed by atoms with van der Waals surface area (Å²) in [5.74, 6) is 1.31. The Morgan fingerprint density at radius 2 is 1.65 bits per heavy atom. The van der Waals surface area contributed by atoms with Gasteiger partial charge in [-0.2, -0.15) is 0 Å². The second kappa shape index (κ2) is 7.05. The van der Waals surface area contributed by atoms with Crippen LogP contribution in [-0.2, 0) is 16.1 Å². The summed E-state index contributed by atoms with van der Waals surface area (Å²) in [6.45, 7) is -0.151. The predicted octanol–water partition coefficient (Wildman–Crippen LogP) is 3.26. The van der Waals surface area contributed by atoms with Crippen LogP contribution in [0.2, 0.25) is 0 Å². The number of para-hydroxylation sites is 1. The van der Waals surface area contributed by atoms with E-state index in [1.54, 1.807) is 14.2 Å². The van der Waals surface area contributed by atoms with Crippen LogP contribution in [0, 0.1) is 0 Å². The molecule has 0 radical (unpaired) electrons. The third kappa shape index (κ3) is 3.17. The van der Waals surface area contributed by atoms with Gasteiger partial charge in [-0.1, -0.05) is 30.3 Å². The number of benzene rings is 2. The van der Waals surface area contributed by atoms with E-state index >= 15 is 0 Å². The fourth-order valence-electron chi connectivity index (χ4n) is 2.03. The van der Waals surface area contributed by atoms with E-state index in [-0.39, 0.29) is 6.61 Å². The van der Waals surface area contributed by atoms with E-state index in [0.717, 1.165) is 5.56 Å². The van der Waals surface area contributed by atoms with Crippen LogP contribution in [0.1, 0.15) is 17.4 Å². The lowest BCUT2D eigenvalue weighted by Gasteiger charge is -2.19. The first-order valence-corrected chi connectivity index (χ1v) is 6.31. The van der Waals surface area contributed by atoms with Crippen LogP contribution in [-0.4, -0.2) is 19.3 Å². The maximum atomic E-state index is 9.63. The molecule has 0 heterocycles. The van der Waals surface area contributed by atoms with Gasteiger partial charge in [-0.25, -0.2) is 0 Å². The average Bonchev–Trinajstić information content (AvgIpc) is 2.50. The molecule has 2 rings (SSSR count). The van der Waals surface area contributed by atoms with E-state index in [0.29, 0.717) is 17.1 Å². The van der Waals surface area contributed by atoms with Crippen molar-refractivity contribution in [1.82, 2.24) is 0 Å². The summed E-state index contributed by atoms with van der Waals surface area (Å²) >= 11 is 0. The Hall–Kier alpha value is -1.88. The van der Waals surface area contributed by atoms with E-state index in [4.69, 9.17) is 14.2 Å². The van der Waals surface area contributed by atoms with Crippen LogP contribution in [0.25, 0.3) is 0 Å². The number of methoxy groups -OCH3 is 2. The lowest BCUT2D eigenvalue weighted by Crippen LogP contribution is -2.08. The zero-order chi connectivity index (χ0) is 14.4. The highest BCUT2D eigenvalue weighted by atomic mass is 16.7. The molecule has 20 heavy (non-hydrogen) atoms. The molecule has 0 unspecified atom stereocenters. The van der Waals surface area contributed by atoms with E-state index in [1.165, 1.54) is 0 Å². The molecule has 2 aromatic carbocycles. The van der Waals surface area contributed by atoms with Crippen molar-refractivity contribution < 1.29 is 19.3 Å². The Balaban J connectivity index is 2.36. The highest BCUT2D eigenvalue weighted by molar-refractivity contribution is 5.43. The quantitative estimate of drug-likeness (QED) is 0.821. The minimum absolute atomic E-state index is 0.151. The van der Waals surface area contributed by atoms with Crippen molar-refractivity contribution in [3.8, 4) is 11.5 Å². The van der Waals surface area contributed by atoms with E-state index in [9.17, 15) is 5.11 Å². The zero-order valence-electron chi connectivity index (χ0n) is 11.6. The first kappa shape index (κ1) is 14.5. The Morgan fingerprint density at radius 1 is 0.950 bits per heavy atom. The molecule has 0 aliphatic carbocycles. The summed E-state index contributed by atoms with van der Waals surface area (Å²) in [6, 6.07) is 14.9. The topological polar surface area (TPSA) is 47.9 Å². The van der Waals surface area contributed by atoms with E-state index < -0.39 is 6.29 Å². The van der Waals surface area contributed by atoms with E-state index in [2.05, 4.69) is 0 Å². The molecule has 0 fully saturated rings. The number of ether oxygens (including phenoxy) is 3. The first-order chi connectivity index (χ1) is 9.80. The lowest BCUT2D eigenvalue weighted by atomic mass is 10.1. The van der Waals surface area contributed by atoms with Crippen molar-refractivity contribution in [3.63, 3.8) is 0 Å². The van der Waals surface area contributed by atoms with E-state index in [1.807, 2.05) is 48.5 Å². The predicted molar refractivity (Wildman–Crippen MR) is 75.6 cm³/mol. The van der Waals surface area contributed by atoms with Gasteiger partial charge in [0, 0.05) is 25.3 Å². The molecule has 0 aliphatic heterocycles. The number of hydrogen-bond acceptors (Lipinski definition) is 4. The standard InChI is InChI=1S/C16H18O4/c1-18-16(19-2)13-9-6-10-15(14(13)11-17)20-12-7-4-3-5-8-12/h3-10,16-17H,11H2,1-2H3. The first-order valence-electron chi connectivity index (χ1n) is 6.31. The van der Waals surface area contributed by atoms with Crippen LogP contribution in [0.5, 0.6) is 11.5 Å². The maximum absolute atomic E-state index is 9.63.